The summed E-state index contributed by atoms with van der Waals surface area (Å²) in [7, 11) is 0. The van der Waals surface area contributed by atoms with E-state index < -0.39 is 11.9 Å². The van der Waals surface area contributed by atoms with Crippen LogP contribution in [0.3, 0.4) is 0 Å². The lowest BCUT2D eigenvalue weighted by molar-refractivity contribution is 0.0696. The van der Waals surface area contributed by atoms with E-state index in [2.05, 4.69) is 10.3 Å². The van der Waals surface area contributed by atoms with Crippen molar-refractivity contribution in [3.63, 3.8) is 0 Å². The molecule has 0 amide bonds. The lowest BCUT2D eigenvalue weighted by Gasteiger charge is -2.12. The Kier molecular flexibility index (Phi) is 3.85. The first-order chi connectivity index (χ1) is 14.6. The number of rotatable bonds is 4. The Morgan fingerprint density at radius 2 is 1.27 bits per heavy atom. The second kappa shape index (κ2) is 6.56. The molecule has 0 spiro atoms. The Morgan fingerprint density at radius 1 is 0.700 bits per heavy atom. The van der Waals surface area contributed by atoms with E-state index in [0.29, 0.717) is 27.6 Å². The maximum absolute atomic E-state index is 12.4. The first kappa shape index (κ1) is 17.6. The van der Waals surface area contributed by atoms with Crippen molar-refractivity contribution in [1.82, 2.24) is 10.3 Å². The van der Waals surface area contributed by atoms with Gasteiger partial charge in [0.25, 0.3) is 0 Å². The van der Waals surface area contributed by atoms with E-state index in [1.807, 2.05) is 0 Å². The molecule has 5 rings (SSSR count). The van der Waals surface area contributed by atoms with Crippen LogP contribution in [0.1, 0.15) is 20.7 Å². The van der Waals surface area contributed by atoms with Gasteiger partial charge in [0, 0.05) is 21.9 Å². The van der Waals surface area contributed by atoms with Crippen LogP contribution >= 0.6 is 0 Å². The SMILES string of the molecule is O=C(O)c1ccc(-c2noc3ccccc23)c(C(=O)O)c1-c1noc2ccccc12. The van der Waals surface area contributed by atoms with Gasteiger partial charge in [-0.3, -0.25) is 0 Å². The van der Waals surface area contributed by atoms with Crippen LogP contribution in [0.15, 0.2) is 69.7 Å². The number of nitrogens with zero attached hydrogens (tertiary/aromatic N) is 2. The van der Waals surface area contributed by atoms with Gasteiger partial charge in [0.1, 0.15) is 11.4 Å². The fourth-order valence-corrected chi connectivity index (χ4v) is 3.59. The molecule has 0 aliphatic rings. The summed E-state index contributed by atoms with van der Waals surface area (Å²) in [5, 5.41) is 29.0. The summed E-state index contributed by atoms with van der Waals surface area (Å²) in [4.78, 5) is 24.3. The quantitative estimate of drug-likeness (QED) is 0.444. The molecule has 3 aromatic carbocycles. The molecule has 0 atom stereocenters. The number of hydrogen-bond acceptors (Lipinski definition) is 6. The van der Waals surface area contributed by atoms with Crippen molar-refractivity contribution in [3.05, 3.63) is 71.8 Å². The largest absolute Gasteiger partial charge is 0.478 e. The average molecular weight is 400 g/mol. The van der Waals surface area contributed by atoms with Crippen LogP contribution in [0.4, 0.5) is 0 Å². The summed E-state index contributed by atoms with van der Waals surface area (Å²) >= 11 is 0. The normalized spacial score (nSPS) is 11.2. The minimum Gasteiger partial charge on any atom is -0.478 e. The molecule has 0 saturated heterocycles. The van der Waals surface area contributed by atoms with Crippen molar-refractivity contribution in [2.45, 2.75) is 0 Å². The summed E-state index contributed by atoms with van der Waals surface area (Å²) in [6.45, 7) is 0. The molecule has 0 radical (unpaired) electrons. The third-order valence-electron chi connectivity index (χ3n) is 4.90. The lowest BCUT2D eigenvalue weighted by atomic mass is 9.90. The number of para-hydroxylation sites is 2. The van der Waals surface area contributed by atoms with Gasteiger partial charge in [-0.2, -0.15) is 0 Å². The van der Waals surface area contributed by atoms with Crippen LogP contribution < -0.4 is 0 Å². The number of aromatic nitrogens is 2. The Balaban J connectivity index is 1.91. The Bertz CT molecular complexity index is 1460. The molecule has 2 N–H and O–H groups in total. The lowest BCUT2D eigenvalue weighted by Crippen LogP contribution is -2.09. The molecule has 2 aromatic heterocycles. The van der Waals surface area contributed by atoms with Crippen molar-refractivity contribution in [2.75, 3.05) is 0 Å². The van der Waals surface area contributed by atoms with E-state index in [1.165, 1.54) is 12.1 Å². The molecule has 8 nitrogen and oxygen atoms in total. The third-order valence-corrected chi connectivity index (χ3v) is 4.90. The average Bonchev–Trinajstić information content (AvgIpc) is 3.37. The molecule has 2 heterocycles. The topological polar surface area (TPSA) is 127 Å². The number of benzene rings is 3. The number of fused-ring (bicyclic) bond motifs is 2. The molecule has 0 bridgehead atoms. The molecule has 30 heavy (non-hydrogen) atoms. The summed E-state index contributed by atoms with van der Waals surface area (Å²) in [5.74, 6) is -2.60. The van der Waals surface area contributed by atoms with Gasteiger partial charge in [-0.25, -0.2) is 9.59 Å². The molecule has 0 aliphatic heterocycles. The molecular weight excluding hydrogens is 388 g/mol. The molecule has 0 saturated carbocycles. The van der Waals surface area contributed by atoms with Crippen molar-refractivity contribution < 1.29 is 28.8 Å². The van der Waals surface area contributed by atoms with Crippen molar-refractivity contribution >= 4 is 33.9 Å². The maximum atomic E-state index is 12.4. The standard InChI is InChI=1S/C22H12N2O6/c25-21(26)14-10-9-13(19-11-5-1-3-7-15(11)29-23-19)18(22(27)28)17(14)20-12-6-2-4-8-16(12)30-24-20/h1-10H,(H,25,26)(H,27,28). The molecule has 5 aromatic rings. The van der Waals surface area contributed by atoms with E-state index in [4.69, 9.17) is 9.05 Å². The van der Waals surface area contributed by atoms with Gasteiger partial charge in [-0.05, 0) is 30.3 Å². The molecule has 8 heteroatoms. The van der Waals surface area contributed by atoms with Crippen LogP contribution in [-0.4, -0.2) is 32.5 Å². The third kappa shape index (κ3) is 2.55. The van der Waals surface area contributed by atoms with Gasteiger partial charge in [0.15, 0.2) is 11.2 Å². The van der Waals surface area contributed by atoms with Crippen molar-refractivity contribution in [2.24, 2.45) is 0 Å². The summed E-state index contributed by atoms with van der Waals surface area (Å²) in [6.07, 6.45) is 0. The second-order valence-electron chi connectivity index (χ2n) is 6.58. The first-order valence-corrected chi connectivity index (χ1v) is 8.89. The van der Waals surface area contributed by atoms with Gasteiger partial charge in [0.05, 0.1) is 11.1 Å². The van der Waals surface area contributed by atoms with Crippen molar-refractivity contribution in [3.8, 4) is 22.5 Å². The highest BCUT2D eigenvalue weighted by Crippen LogP contribution is 2.39. The number of aromatic carboxylic acids is 2. The maximum Gasteiger partial charge on any atom is 0.337 e. The minimum absolute atomic E-state index is 0.0514. The Hall–Kier alpha value is -4.46. The zero-order valence-corrected chi connectivity index (χ0v) is 15.2. The zero-order chi connectivity index (χ0) is 20.8. The zero-order valence-electron chi connectivity index (χ0n) is 15.2. The fourth-order valence-electron chi connectivity index (χ4n) is 3.59. The molecule has 0 unspecified atom stereocenters. The van der Waals surface area contributed by atoms with E-state index >= 15 is 0 Å². The minimum atomic E-state index is -1.32. The number of carboxylic acids is 2. The fraction of sp³-hybridized carbons (Fsp3) is 0. The smallest absolute Gasteiger partial charge is 0.337 e. The van der Waals surface area contributed by atoms with Crippen molar-refractivity contribution in [1.29, 1.82) is 0 Å². The van der Waals surface area contributed by atoms with Gasteiger partial charge in [-0.1, -0.05) is 40.6 Å². The van der Waals surface area contributed by atoms with Gasteiger partial charge < -0.3 is 19.3 Å². The predicted molar refractivity (Wildman–Crippen MR) is 106 cm³/mol. The first-order valence-electron chi connectivity index (χ1n) is 8.89. The van der Waals surface area contributed by atoms with Crippen LogP contribution in [0, 0.1) is 0 Å². The van der Waals surface area contributed by atoms with Gasteiger partial charge >= 0.3 is 11.9 Å². The number of carbonyl (C=O) groups is 2. The van der Waals surface area contributed by atoms with Crippen LogP contribution in [0.5, 0.6) is 0 Å². The van der Waals surface area contributed by atoms with Crippen LogP contribution in [0.2, 0.25) is 0 Å². The summed E-state index contributed by atoms with van der Waals surface area (Å²) in [5.41, 5.74) is 1.06. The number of carboxylic acid groups (broad SMARTS) is 2. The molecule has 0 fully saturated rings. The van der Waals surface area contributed by atoms with E-state index in [1.54, 1.807) is 48.5 Å². The Labute approximate surface area is 167 Å². The molecular formula is C22H12N2O6. The van der Waals surface area contributed by atoms with Gasteiger partial charge in [-0.15, -0.1) is 0 Å². The van der Waals surface area contributed by atoms with Crippen LogP contribution in [0.25, 0.3) is 44.5 Å². The Morgan fingerprint density at radius 3 is 1.87 bits per heavy atom. The van der Waals surface area contributed by atoms with E-state index in [9.17, 15) is 19.8 Å². The number of hydrogen-bond donors (Lipinski definition) is 2. The monoisotopic (exact) mass is 400 g/mol. The summed E-state index contributed by atoms with van der Waals surface area (Å²) in [6, 6.07) is 16.6. The molecule has 0 aliphatic carbocycles. The van der Waals surface area contributed by atoms with E-state index in [-0.39, 0.29) is 27.9 Å². The second-order valence-corrected chi connectivity index (χ2v) is 6.58. The highest BCUT2D eigenvalue weighted by atomic mass is 16.5. The van der Waals surface area contributed by atoms with Crippen LogP contribution in [-0.2, 0) is 0 Å². The summed E-state index contributed by atoms with van der Waals surface area (Å²) < 4.78 is 10.6. The predicted octanol–water partition coefficient (Wildman–Crippen LogP) is 4.70. The van der Waals surface area contributed by atoms with E-state index in [0.717, 1.165) is 0 Å². The van der Waals surface area contributed by atoms with Gasteiger partial charge in [0.2, 0.25) is 0 Å². The highest BCUT2D eigenvalue weighted by Gasteiger charge is 2.29. The highest BCUT2D eigenvalue weighted by molar-refractivity contribution is 6.13. The molecule has 146 valence electrons.